The fraction of sp³-hybridized carbons (Fsp3) is 0.500. The van der Waals surface area contributed by atoms with Crippen molar-refractivity contribution in [3.8, 4) is 0 Å². The van der Waals surface area contributed by atoms with E-state index in [-0.39, 0.29) is 12.1 Å². The van der Waals surface area contributed by atoms with Crippen LogP contribution in [-0.2, 0) is 4.74 Å². The number of amides is 1. The highest BCUT2D eigenvalue weighted by Gasteiger charge is 2.29. The Morgan fingerprint density at radius 3 is 2.57 bits per heavy atom. The molecule has 0 radical (unpaired) electrons. The van der Waals surface area contributed by atoms with E-state index < -0.39 is 0 Å². The summed E-state index contributed by atoms with van der Waals surface area (Å²) >= 11 is 0. The lowest BCUT2D eigenvalue weighted by Gasteiger charge is -2.34. The first-order chi connectivity index (χ1) is 9.99. The van der Waals surface area contributed by atoms with Gasteiger partial charge in [-0.05, 0) is 29.9 Å². The maximum absolute atomic E-state index is 12.5. The van der Waals surface area contributed by atoms with E-state index in [4.69, 9.17) is 4.74 Å². The molecule has 0 aromatic heterocycles. The molecule has 114 valence electrons. The van der Waals surface area contributed by atoms with Crippen LogP contribution in [0.4, 0.5) is 10.5 Å². The fourth-order valence-electron chi connectivity index (χ4n) is 2.54. The zero-order chi connectivity index (χ0) is 15.4. The molecule has 21 heavy (non-hydrogen) atoms. The van der Waals surface area contributed by atoms with E-state index in [0.717, 1.165) is 17.7 Å². The number of rotatable bonds is 4. The molecule has 0 spiro atoms. The number of anilines is 1. The van der Waals surface area contributed by atoms with E-state index in [1.807, 2.05) is 38.1 Å². The Morgan fingerprint density at radius 2 is 1.90 bits per heavy atom. The summed E-state index contributed by atoms with van der Waals surface area (Å²) in [6.07, 6.45) is 4.90. The molecule has 3 heteroatoms. The van der Waals surface area contributed by atoms with Crippen molar-refractivity contribution in [2.24, 2.45) is 11.8 Å². The smallest absolute Gasteiger partial charge is 0.414 e. The first kappa shape index (κ1) is 15.6. The average Bonchev–Trinajstić information content (AvgIpc) is 2.44. The van der Waals surface area contributed by atoms with Gasteiger partial charge in [-0.15, -0.1) is 0 Å². The van der Waals surface area contributed by atoms with Crippen LogP contribution >= 0.6 is 0 Å². The Morgan fingerprint density at radius 1 is 1.19 bits per heavy atom. The third-order valence-corrected chi connectivity index (χ3v) is 3.48. The topological polar surface area (TPSA) is 29.5 Å². The average molecular weight is 287 g/mol. The van der Waals surface area contributed by atoms with Gasteiger partial charge in [0.1, 0.15) is 0 Å². The summed E-state index contributed by atoms with van der Waals surface area (Å²) in [5.74, 6) is 0.860. The summed E-state index contributed by atoms with van der Waals surface area (Å²) in [4.78, 5) is 14.3. The second kappa shape index (κ2) is 6.79. The molecule has 1 heterocycles. The van der Waals surface area contributed by atoms with Crippen LogP contribution < -0.4 is 4.90 Å². The molecule has 1 aliphatic rings. The maximum Gasteiger partial charge on any atom is 0.414 e. The predicted octanol–water partition coefficient (Wildman–Crippen LogP) is 4.73. The molecule has 0 saturated carbocycles. The van der Waals surface area contributed by atoms with Crippen molar-refractivity contribution in [1.82, 2.24) is 0 Å². The van der Waals surface area contributed by atoms with Crippen LogP contribution in [0.3, 0.4) is 0 Å². The number of fused-ring (bicyclic) bond motifs is 1. The lowest BCUT2D eigenvalue weighted by atomic mass is 9.96. The maximum atomic E-state index is 12.5. The van der Waals surface area contributed by atoms with Gasteiger partial charge in [-0.2, -0.15) is 0 Å². The minimum atomic E-state index is -0.244. The first-order valence-electron chi connectivity index (χ1n) is 7.72. The summed E-state index contributed by atoms with van der Waals surface area (Å²) in [6.45, 7) is 8.89. The van der Waals surface area contributed by atoms with Crippen LogP contribution in [0.25, 0.3) is 6.08 Å². The van der Waals surface area contributed by atoms with Gasteiger partial charge >= 0.3 is 6.09 Å². The second-order valence-corrected chi connectivity index (χ2v) is 6.46. The molecule has 1 aliphatic heterocycles. The van der Waals surface area contributed by atoms with E-state index in [9.17, 15) is 4.79 Å². The van der Waals surface area contributed by atoms with E-state index in [1.165, 1.54) is 0 Å². The molecule has 1 aromatic rings. The highest BCUT2D eigenvalue weighted by molar-refractivity contribution is 5.93. The Bertz CT molecular complexity index is 520. The van der Waals surface area contributed by atoms with Gasteiger partial charge in [0.15, 0.2) is 0 Å². The number of nitrogens with zero attached hydrogens (tertiary/aromatic N) is 1. The highest BCUT2D eigenvalue weighted by atomic mass is 16.6. The lowest BCUT2D eigenvalue weighted by Crippen LogP contribution is -2.42. The molecular formula is C18H25NO2. The van der Waals surface area contributed by atoms with Crippen molar-refractivity contribution in [3.05, 3.63) is 35.9 Å². The van der Waals surface area contributed by atoms with Gasteiger partial charge in [0.2, 0.25) is 0 Å². The van der Waals surface area contributed by atoms with Gasteiger partial charge in [0, 0.05) is 0 Å². The van der Waals surface area contributed by atoms with Gasteiger partial charge in [-0.3, -0.25) is 4.90 Å². The number of ether oxygens (including phenoxy) is 1. The van der Waals surface area contributed by atoms with E-state index in [1.54, 1.807) is 4.90 Å². The van der Waals surface area contributed by atoms with Gasteiger partial charge < -0.3 is 4.74 Å². The normalized spacial score (nSPS) is 17.2. The number of carbonyl (C=O) groups is 1. The number of para-hydroxylation sites is 1. The van der Waals surface area contributed by atoms with Crippen molar-refractivity contribution in [1.29, 1.82) is 0 Å². The van der Waals surface area contributed by atoms with Crippen LogP contribution in [0.1, 0.15) is 39.7 Å². The van der Waals surface area contributed by atoms with Gasteiger partial charge in [0.25, 0.3) is 0 Å². The summed E-state index contributed by atoms with van der Waals surface area (Å²) < 4.78 is 5.46. The second-order valence-electron chi connectivity index (χ2n) is 6.46. The van der Waals surface area contributed by atoms with E-state index >= 15 is 0 Å². The van der Waals surface area contributed by atoms with Gasteiger partial charge in [0.05, 0.1) is 18.3 Å². The van der Waals surface area contributed by atoms with Crippen molar-refractivity contribution in [3.63, 3.8) is 0 Å². The lowest BCUT2D eigenvalue weighted by molar-refractivity contribution is 0.138. The number of hydrogen-bond acceptors (Lipinski definition) is 2. The fourth-order valence-corrected chi connectivity index (χ4v) is 2.54. The number of carbonyl (C=O) groups excluding carboxylic acids is 1. The predicted molar refractivity (Wildman–Crippen MR) is 87.4 cm³/mol. The van der Waals surface area contributed by atoms with Gasteiger partial charge in [-0.25, -0.2) is 4.79 Å². The van der Waals surface area contributed by atoms with E-state index in [0.29, 0.717) is 18.4 Å². The molecule has 0 fully saturated rings. The van der Waals surface area contributed by atoms with Crippen molar-refractivity contribution < 1.29 is 9.53 Å². The minimum absolute atomic E-state index is 0.0690. The molecule has 0 aliphatic carbocycles. The van der Waals surface area contributed by atoms with Crippen LogP contribution in [0.5, 0.6) is 0 Å². The third-order valence-electron chi connectivity index (χ3n) is 3.48. The zero-order valence-electron chi connectivity index (χ0n) is 13.4. The molecular weight excluding hydrogens is 262 g/mol. The van der Waals surface area contributed by atoms with Crippen molar-refractivity contribution >= 4 is 17.9 Å². The van der Waals surface area contributed by atoms with Crippen molar-refractivity contribution in [2.45, 2.75) is 40.2 Å². The largest absolute Gasteiger partial charge is 0.449 e. The Hall–Kier alpha value is -1.77. The Balaban J connectivity index is 2.26. The highest BCUT2D eigenvalue weighted by Crippen LogP contribution is 2.31. The molecule has 2 rings (SSSR count). The number of benzene rings is 1. The Labute approximate surface area is 127 Å². The summed E-state index contributed by atoms with van der Waals surface area (Å²) in [7, 11) is 0. The first-order valence-corrected chi connectivity index (χ1v) is 7.72. The molecule has 0 N–H and O–H groups in total. The molecule has 1 aromatic carbocycles. The van der Waals surface area contributed by atoms with Crippen LogP contribution in [0.15, 0.2) is 30.3 Å². The van der Waals surface area contributed by atoms with Crippen molar-refractivity contribution in [2.75, 3.05) is 11.5 Å². The summed E-state index contributed by atoms with van der Waals surface area (Å²) in [6, 6.07) is 8.04. The standard InChI is InChI=1S/C18H25NO2/c1-13(2)11-16-10-9-15-7-5-6-8-17(15)19(16)18(20)21-12-14(3)4/h5-10,13-14,16H,11-12H2,1-4H3. The van der Waals surface area contributed by atoms with Crippen LogP contribution in [0.2, 0.25) is 0 Å². The molecule has 0 bridgehead atoms. The van der Waals surface area contributed by atoms with Crippen LogP contribution in [0, 0.1) is 11.8 Å². The quantitative estimate of drug-likeness (QED) is 0.801. The Kier molecular flexibility index (Phi) is 5.05. The van der Waals surface area contributed by atoms with Crippen LogP contribution in [-0.4, -0.2) is 18.7 Å². The van der Waals surface area contributed by atoms with Gasteiger partial charge in [-0.1, -0.05) is 58.0 Å². The monoisotopic (exact) mass is 287 g/mol. The van der Waals surface area contributed by atoms with E-state index in [2.05, 4.69) is 26.0 Å². The summed E-state index contributed by atoms with van der Waals surface area (Å²) in [5, 5.41) is 0. The molecule has 1 unspecified atom stereocenters. The summed E-state index contributed by atoms with van der Waals surface area (Å²) in [5.41, 5.74) is 2.01. The molecule has 1 atom stereocenters. The zero-order valence-corrected chi connectivity index (χ0v) is 13.4. The SMILES string of the molecule is CC(C)COC(=O)N1c2ccccc2C=CC1CC(C)C. The third kappa shape index (κ3) is 3.87. The molecule has 0 saturated heterocycles. The molecule has 3 nitrogen and oxygen atoms in total. The molecule has 1 amide bonds. The number of hydrogen-bond donors (Lipinski definition) is 0. The minimum Gasteiger partial charge on any atom is -0.449 e.